The second kappa shape index (κ2) is 14.5. The molecule has 0 N–H and O–H groups in total. The van der Waals surface area contributed by atoms with Gasteiger partial charge in [0.05, 0.1) is 11.2 Å². The summed E-state index contributed by atoms with van der Waals surface area (Å²) in [7, 11) is 0. The van der Waals surface area contributed by atoms with Crippen molar-refractivity contribution in [1.82, 2.24) is 4.57 Å². The summed E-state index contributed by atoms with van der Waals surface area (Å²) in [6.07, 6.45) is 10.3. The van der Waals surface area contributed by atoms with Gasteiger partial charge in [0.1, 0.15) is 11.2 Å². The molecule has 0 saturated heterocycles. The van der Waals surface area contributed by atoms with E-state index < -0.39 is 0 Å². The van der Waals surface area contributed by atoms with Crippen LogP contribution in [0.5, 0.6) is 0 Å². The number of fused-ring (bicyclic) bond motifs is 7. The number of benzene rings is 7. The first-order chi connectivity index (χ1) is 29.3. The lowest BCUT2D eigenvalue weighted by atomic mass is 9.78. The number of hydrogen-bond acceptors (Lipinski definition) is 2. The zero-order chi connectivity index (χ0) is 41.1. The van der Waals surface area contributed by atoms with Gasteiger partial charge in [-0.1, -0.05) is 136 Å². The summed E-state index contributed by atoms with van der Waals surface area (Å²) in [5.74, 6) is 0. The maximum absolute atomic E-state index is 6.34. The molecule has 0 unspecified atom stereocenters. The molecular weight excluding hydrogens is 729 g/mol. The maximum atomic E-state index is 6.34. The Morgan fingerprint density at radius 2 is 1.33 bits per heavy atom. The fraction of sp³-hybridized carbons (Fsp3) is 0.0877. The predicted octanol–water partition coefficient (Wildman–Crippen LogP) is 16.2. The minimum atomic E-state index is -0.218. The number of para-hydroxylation sites is 1. The molecule has 9 aromatic rings. The van der Waals surface area contributed by atoms with E-state index in [0.29, 0.717) is 0 Å². The van der Waals surface area contributed by atoms with Crippen LogP contribution in [0.25, 0.3) is 78.5 Å². The van der Waals surface area contributed by atoms with Gasteiger partial charge in [0, 0.05) is 49.9 Å². The number of nitrogens with zero attached hydrogens (tertiary/aromatic N) is 2. The van der Waals surface area contributed by atoms with Crippen LogP contribution in [0.4, 0.5) is 17.1 Å². The molecule has 0 aliphatic heterocycles. The van der Waals surface area contributed by atoms with Crippen LogP contribution in [0, 0.1) is 0 Å². The predicted molar refractivity (Wildman–Crippen MR) is 257 cm³/mol. The highest BCUT2D eigenvalue weighted by molar-refractivity contribution is 6.12. The molecule has 290 valence electrons. The van der Waals surface area contributed by atoms with Gasteiger partial charge in [0.2, 0.25) is 0 Å². The summed E-state index contributed by atoms with van der Waals surface area (Å²) in [4.78, 5) is 2.38. The highest BCUT2D eigenvalue weighted by Crippen LogP contribution is 2.53. The number of rotatable bonds is 9. The molecule has 0 bridgehead atoms. The van der Waals surface area contributed by atoms with Crippen molar-refractivity contribution < 1.29 is 4.42 Å². The summed E-state index contributed by atoms with van der Waals surface area (Å²) < 4.78 is 8.69. The number of aromatic nitrogens is 1. The third-order valence-corrected chi connectivity index (χ3v) is 12.3. The Labute approximate surface area is 352 Å². The standard InChI is InChI=1S/C57H46N2O/c1-7-16-37(4)38-24-26-40(27-25-38)58(43-32-33-46-48-22-15-21-45(39-18-11-10-12-19-39)56(48)57(5,6)51(46)34-43)41-28-30-42(31-29-41)59-52(17-8-2)44(9-3)49-36-55-50(35-53(49)59)47-20-13-14-23-54(47)60-55/h7-36H,3-4H2,1-2,5-6H3. The zero-order valence-corrected chi connectivity index (χ0v) is 34.5. The Morgan fingerprint density at radius 3 is 2.07 bits per heavy atom. The smallest absolute Gasteiger partial charge is 0.136 e. The molecule has 2 aromatic heterocycles. The Balaban J connectivity index is 1.12. The van der Waals surface area contributed by atoms with Crippen molar-refractivity contribution in [2.75, 3.05) is 4.90 Å². The van der Waals surface area contributed by atoms with Crippen molar-refractivity contribution in [3.63, 3.8) is 0 Å². The lowest BCUT2D eigenvalue weighted by molar-refractivity contribution is 0.662. The summed E-state index contributed by atoms with van der Waals surface area (Å²) >= 11 is 0. The highest BCUT2D eigenvalue weighted by atomic mass is 16.3. The quantitative estimate of drug-likeness (QED) is 0.136. The van der Waals surface area contributed by atoms with Crippen LogP contribution in [0.3, 0.4) is 0 Å². The van der Waals surface area contributed by atoms with Gasteiger partial charge in [0.15, 0.2) is 0 Å². The van der Waals surface area contributed by atoms with Crippen LogP contribution >= 0.6 is 0 Å². The zero-order valence-electron chi connectivity index (χ0n) is 34.5. The maximum Gasteiger partial charge on any atom is 0.136 e. The number of anilines is 3. The molecule has 0 atom stereocenters. The topological polar surface area (TPSA) is 21.3 Å². The fourth-order valence-corrected chi connectivity index (χ4v) is 9.55. The molecule has 7 aromatic carbocycles. The van der Waals surface area contributed by atoms with Crippen LogP contribution in [0.2, 0.25) is 0 Å². The van der Waals surface area contributed by atoms with Crippen molar-refractivity contribution in [1.29, 1.82) is 0 Å². The first kappa shape index (κ1) is 36.9. The van der Waals surface area contributed by atoms with Gasteiger partial charge >= 0.3 is 0 Å². The monoisotopic (exact) mass is 774 g/mol. The van der Waals surface area contributed by atoms with Crippen LogP contribution in [-0.4, -0.2) is 4.57 Å². The van der Waals surface area contributed by atoms with Gasteiger partial charge in [-0.25, -0.2) is 0 Å². The van der Waals surface area contributed by atoms with E-state index in [4.69, 9.17) is 4.42 Å². The van der Waals surface area contributed by atoms with Crippen LogP contribution in [0.15, 0.2) is 187 Å². The van der Waals surface area contributed by atoms with E-state index in [-0.39, 0.29) is 5.41 Å². The fourth-order valence-electron chi connectivity index (χ4n) is 9.55. The molecule has 0 spiro atoms. The van der Waals surface area contributed by atoms with Crippen LogP contribution < -0.4 is 4.90 Å². The second-order valence-corrected chi connectivity index (χ2v) is 16.2. The average Bonchev–Trinajstić information content (AvgIpc) is 3.87. The van der Waals surface area contributed by atoms with E-state index in [1.54, 1.807) is 0 Å². The number of furan rings is 1. The molecule has 1 aliphatic rings. The van der Waals surface area contributed by atoms with E-state index >= 15 is 0 Å². The van der Waals surface area contributed by atoms with Gasteiger partial charge in [-0.15, -0.1) is 0 Å². The summed E-state index contributed by atoms with van der Waals surface area (Å²) in [5.41, 5.74) is 19.0. The van der Waals surface area contributed by atoms with Gasteiger partial charge in [-0.05, 0) is 131 Å². The molecule has 10 rings (SSSR count). The molecule has 0 amide bonds. The first-order valence-electron chi connectivity index (χ1n) is 20.7. The molecule has 60 heavy (non-hydrogen) atoms. The SMILES string of the molecule is C=Cc1c(C=CC)n(-c2ccc(N(c3ccc(C(=C)C=CC)cc3)c3ccc4c(c3)C(C)(C)c3c(-c5ccccc5)cccc3-4)cc2)c2cc3c(cc12)oc1ccccc13. The second-order valence-electron chi connectivity index (χ2n) is 16.2. The van der Waals surface area contributed by atoms with Crippen LogP contribution in [-0.2, 0) is 5.41 Å². The Hall–Kier alpha value is -7.36. The molecule has 0 radical (unpaired) electrons. The first-order valence-corrected chi connectivity index (χ1v) is 20.7. The van der Waals surface area contributed by atoms with Gasteiger partial charge in [-0.3, -0.25) is 0 Å². The van der Waals surface area contributed by atoms with E-state index in [9.17, 15) is 0 Å². The summed E-state index contributed by atoms with van der Waals surface area (Å²) in [6.45, 7) is 17.4. The molecule has 3 nitrogen and oxygen atoms in total. The van der Waals surface area contributed by atoms with E-state index in [0.717, 1.165) is 78.0 Å². The van der Waals surface area contributed by atoms with E-state index in [1.165, 1.54) is 33.4 Å². The number of allylic oxidation sites excluding steroid dienone is 4. The normalized spacial score (nSPS) is 13.1. The summed E-state index contributed by atoms with van der Waals surface area (Å²) in [5, 5.41) is 3.31. The van der Waals surface area contributed by atoms with Gasteiger partial charge in [0.25, 0.3) is 0 Å². The van der Waals surface area contributed by atoms with E-state index in [2.05, 4.69) is 201 Å². The van der Waals surface area contributed by atoms with Gasteiger partial charge < -0.3 is 13.9 Å². The Kier molecular flexibility index (Phi) is 8.91. The molecule has 0 saturated carbocycles. The van der Waals surface area contributed by atoms with Crippen molar-refractivity contribution in [3.8, 4) is 27.9 Å². The molecule has 0 fully saturated rings. The van der Waals surface area contributed by atoms with Gasteiger partial charge in [-0.2, -0.15) is 0 Å². The van der Waals surface area contributed by atoms with Crippen molar-refractivity contribution in [2.24, 2.45) is 0 Å². The van der Waals surface area contributed by atoms with Crippen molar-refractivity contribution in [3.05, 3.63) is 211 Å². The molecular formula is C57H46N2O. The van der Waals surface area contributed by atoms with Crippen molar-refractivity contribution >= 4 is 67.6 Å². The number of hydrogen-bond donors (Lipinski definition) is 0. The molecule has 2 heterocycles. The third-order valence-electron chi connectivity index (χ3n) is 12.3. The van der Waals surface area contributed by atoms with Crippen molar-refractivity contribution in [2.45, 2.75) is 33.1 Å². The van der Waals surface area contributed by atoms with Crippen LogP contribution in [0.1, 0.15) is 55.6 Å². The third kappa shape index (κ3) is 5.80. The lowest BCUT2D eigenvalue weighted by Gasteiger charge is -2.29. The summed E-state index contributed by atoms with van der Waals surface area (Å²) in [6, 6.07) is 55.0. The highest BCUT2D eigenvalue weighted by Gasteiger charge is 2.38. The molecule has 1 aliphatic carbocycles. The average molecular weight is 775 g/mol. The minimum Gasteiger partial charge on any atom is -0.456 e. The minimum absolute atomic E-state index is 0.218. The lowest BCUT2D eigenvalue weighted by Crippen LogP contribution is -2.17. The Bertz CT molecular complexity index is 3200. The Morgan fingerprint density at radius 1 is 0.633 bits per heavy atom. The largest absolute Gasteiger partial charge is 0.456 e. The van der Waals surface area contributed by atoms with E-state index in [1.807, 2.05) is 31.2 Å². The molecule has 3 heteroatoms.